The van der Waals surface area contributed by atoms with Crippen LogP contribution in [0.1, 0.15) is 17.2 Å². The number of hydrogen-bond donors (Lipinski definition) is 2. The van der Waals surface area contributed by atoms with Crippen molar-refractivity contribution in [2.45, 2.75) is 6.04 Å². The third-order valence-corrected chi connectivity index (χ3v) is 3.61. The summed E-state index contributed by atoms with van der Waals surface area (Å²) in [4.78, 5) is 4.38. The summed E-state index contributed by atoms with van der Waals surface area (Å²) < 4.78 is 0. The Labute approximate surface area is 122 Å². The number of pyridine rings is 1. The van der Waals surface area contributed by atoms with Crippen molar-refractivity contribution >= 4 is 22.5 Å². The van der Waals surface area contributed by atoms with E-state index in [0.717, 1.165) is 22.0 Å². The summed E-state index contributed by atoms with van der Waals surface area (Å²) in [6.07, 6.45) is 1.79. The first-order chi connectivity index (χ1) is 9.79. The van der Waals surface area contributed by atoms with Crippen LogP contribution in [0.2, 0.25) is 5.02 Å². The summed E-state index contributed by atoms with van der Waals surface area (Å²) in [5, 5.41) is 1.80. The van der Waals surface area contributed by atoms with Crippen molar-refractivity contribution in [2.24, 2.45) is 5.84 Å². The minimum Gasteiger partial charge on any atom is -0.271 e. The molecule has 0 saturated carbocycles. The van der Waals surface area contributed by atoms with E-state index in [1.807, 2.05) is 42.5 Å². The van der Waals surface area contributed by atoms with Crippen LogP contribution in [-0.2, 0) is 0 Å². The number of benzene rings is 2. The maximum Gasteiger partial charge on any atom is 0.0716 e. The molecule has 0 amide bonds. The smallest absolute Gasteiger partial charge is 0.0716 e. The monoisotopic (exact) mass is 283 g/mol. The van der Waals surface area contributed by atoms with Crippen LogP contribution in [0.5, 0.6) is 0 Å². The number of aromatic nitrogens is 1. The highest BCUT2D eigenvalue weighted by Gasteiger charge is 2.15. The molecule has 0 bridgehead atoms. The summed E-state index contributed by atoms with van der Waals surface area (Å²) in [5.41, 5.74) is 5.99. The number of nitrogens with zero attached hydrogens (tertiary/aromatic N) is 1. The molecule has 3 rings (SSSR count). The third kappa shape index (κ3) is 2.39. The Bertz CT molecular complexity index is 720. The summed E-state index contributed by atoms with van der Waals surface area (Å²) in [7, 11) is 0. The molecule has 0 saturated heterocycles. The molecule has 0 radical (unpaired) electrons. The van der Waals surface area contributed by atoms with E-state index in [1.165, 1.54) is 0 Å². The van der Waals surface area contributed by atoms with Crippen molar-refractivity contribution < 1.29 is 0 Å². The van der Waals surface area contributed by atoms with Gasteiger partial charge in [-0.3, -0.25) is 10.8 Å². The fourth-order valence-corrected chi connectivity index (χ4v) is 2.53. The van der Waals surface area contributed by atoms with Crippen molar-refractivity contribution in [3.05, 3.63) is 76.9 Å². The van der Waals surface area contributed by atoms with Crippen molar-refractivity contribution in [1.82, 2.24) is 10.4 Å². The molecule has 100 valence electrons. The first-order valence-electron chi connectivity index (χ1n) is 6.35. The zero-order valence-electron chi connectivity index (χ0n) is 10.8. The van der Waals surface area contributed by atoms with E-state index in [2.05, 4.69) is 22.5 Å². The first kappa shape index (κ1) is 13.1. The number of fused-ring (bicyclic) bond motifs is 1. The third-order valence-electron chi connectivity index (χ3n) is 3.36. The maximum absolute atomic E-state index is 5.94. The van der Waals surface area contributed by atoms with Crippen LogP contribution in [0.25, 0.3) is 10.9 Å². The van der Waals surface area contributed by atoms with Gasteiger partial charge >= 0.3 is 0 Å². The molecule has 20 heavy (non-hydrogen) atoms. The highest BCUT2D eigenvalue weighted by molar-refractivity contribution is 6.30. The Morgan fingerprint density at radius 1 is 1.00 bits per heavy atom. The Hall–Kier alpha value is -1.94. The Kier molecular flexibility index (Phi) is 3.65. The highest BCUT2D eigenvalue weighted by Crippen LogP contribution is 2.28. The van der Waals surface area contributed by atoms with E-state index in [4.69, 9.17) is 17.4 Å². The van der Waals surface area contributed by atoms with Gasteiger partial charge < -0.3 is 0 Å². The molecule has 1 heterocycles. The van der Waals surface area contributed by atoms with Gasteiger partial charge in [0.15, 0.2) is 0 Å². The molecule has 0 fully saturated rings. The molecule has 0 aliphatic rings. The molecule has 0 aliphatic carbocycles. The zero-order chi connectivity index (χ0) is 13.9. The minimum absolute atomic E-state index is 0.0971. The lowest BCUT2D eigenvalue weighted by Crippen LogP contribution is -2.29. The maximum atomic E-state index is 5.94. The van der Waals surface area contributed by atoms with E-state index in [-0.39, 0.29) is 6.04 Å². The van der Waals surface area contributed by atoms with Crippen molar-refractivity contribution in [3.8, 4) is 0 Å². The standard InChI is InChI=1S/C16H14ClN3/c17-12-8-6-11(7-9-12)16(20-18)14-3-1-5-15-13(14)4-2-10-19-15/h1-10,16,20H,18H2. The van der Waals surface area contributed by atoms with Gasteiger partial charge in [0.25, 0.3) is 0 Å². The Morgan fingerprint density at radius 3 is 2.55 bits per heavy atom. The van der Waals surface area contributed by atoms with Gasteiger partial charge in [-0.2, -0.15) is 0 Å². The van der Waals surface area contributed by atoms with Gasteiger partial charge in [0, 0.05) is 16.6 Å². The van der Waals surface area contributed by atoms with Crippen LogP contribution < -0.4 is 11.3 Å². The first-order valence-corrected chi connectivity index (χ1v) is 6.72. The lowest BCUT2D eigenvalue weighted by molar-refractivity contribution is 0.641. The van der Waals surface area contributed by atoms with Crippen molar-refractivity contribution in [1.29, 1.82) is 0 Å². The highest BCUT2D eigenvalue weighted by atomic mass is 35.5. The second-order valence-corrected chi connectivity index (χ2v) is 5.00. The Balaban J connectivity index is 2.14. The molecule has 3 N–H and O–H groups in total. The number of hydrogen-bond acceptors (Lipinski definition) is 3. The number of hydrazine groups is 1. The molecule has 2 aromatic carbocycles. The molecule has 0 aliphatic heterocycles. The van der Waals surface area contributed by atoms with Crippen LogP contribution in [0.15, 0.2) is 60.8 Å². The summed E-state index contributed by atoms with van der Waals surface area (Å²) in [6.45, 7) is 0. The summed E-state index contributed by atoms with van der Waals surface area (Å²) in [6, 6.07) is 17.6. The van der Waals surface area contributed by atoms with Crippen LogP contribution in [-0.4, -0.2) is 4.98 Å². The Morgan fingerprint density at radius 2 is 1.80 bits per heavy atom. The lowest BCUT2D eigenvalue weighted by Gasteiger charge is -2.18. The molecule has 0 spiro atoms. The quantitative estimate of drug-likeness (QED) is 0.572. The SMILES string of the molecule is NNC(c1ccc(Cl)cc1)c1cccc2ncccc12. The van der Waals surface area contributed by atoms with Crippen molar-refractivity contribution in [2.75, 3.05) is 0 Å². The molecular weight excluding hydrogens is 270 g/mol. The second-order valence-electron chi connectivity index (χ2n) is 4.57. The molecular formula is C16H14ClN3. The predicted molar refractivity (Wildman–Crippen MR) is 82.4 cm³/mol. The van der Waals surface area contributed by atoms with Gasteiger partial charge in [-0.1, -0.05) is 41.9 Å². The molecule has 1 atom stereocenters. The summed E-state index contributed by atoms with van der Waals surface area (Å²) in [5.74, 6) is 5.76. The van der Waals surface area contributed by atoms with E-state index in [9.17, 15) is 0 Å². The van der Waals surface area contributed by atoms with Crippen LogP contribution in [0.4, 0.5) is 0 Å². The normalized spacial score (nSPS) is 12.5. The fourth-order valence-electron chi connectivity index (χ4n) is 2.40. The molecule has 1 aromatic heterocycles. The molecule has 3 aromatic rings. The molecule has 1 unspecified atom stereocenters. The minimum atomic E-state index is -0.0971. The van der Waals surface area contributed by atoms with Crippen LogP contribution >= 0.6 is 11.6 Å². The largest absolute Gasteiger partial charge is 0.271 e. The van der Waals surface area contributed by atoms with Crippen molar-refractivity contribution in [3.63, 3.8) is 0 Å². The summed E-state index contributed by atoms with van der Waals surface area (Å²) >= 11 is 5.94. The van der Waals surface area contributed by atoms with E-state index in [1.54, 1.807) is 6.20 Å². The number of halogens is 1. The van der Waals surface area contributed by atoms with Crippen LogP contribution in [0.3, 0.4) is 0 Å². The van der Waals surface area contributed by atoms with Gasteiger partial charge in [-0.25, -0.2) is 5.43 Å². The molecule has 3 nitrogen and oxygen atoms in total. The zero-order valence-corrected chi connectivity index (χ0v) is 11.5. The van der Waals surface area contributed by atoms with Gasteiger partial charge in [0.2, 0.25) is 0 Å². The molecule has 4 heteroatoms. The van der Waals surface area contributed by atoms with E-state index >= 15 is 0 Å². The number of rotatable bonds is 3. The topological polar surface area (TPSA) is 50.9 Å². The van der Waals surface area contributed by atoms with Gasteiger partial charge in [-0.05, 0) is 35.4 Å². The lowest BCUT2D eigenvalue weighted by atomic mass is 9.96. The second kappa shape index (κ2) is 5.59. The van der Waals surface area contributed by atoms with Gasteiger partial charge in [0.05, 0.1) is 11.6 Å². The van der Waals surface area contributed by atoms with Gasteiger partial charge in [-0.15, -0.1) is 0 Å². The van der Waals surface area contributed by atoms with E-state index in [0.29, 0.717) is 5.02 Å². The number of nitrogens with one attached hydrogen (secondary N) is 1. The predicted octanol–water partition coefficient (Wildman–Crippen LogP) is 3.44. The van der Waals surface area contributed by atoms with Crippen LogP contribution in [0, 0.1) is 0 Å². The van der Waals surface area contributed by atoms with E-state index < -0.39 is 0 Å². The van der Waals surface area contributed by atoms with Gasteiger partial charge in [0.1, 0.15) is 0 Å². The average molecular weight is 284 g/mol. The number of nitrogens with two attached hydrogens (primary N) is 1. The fraction of sp³-hybridized carbons (Fsp3) is 0.0625. The average Bonchev–Trinajstić information content (AvgIpc) is 2.50.